The quantitative estimate of drug-likeness (QED) is 0.446. The van der Waals surface area contributed by atoms with Crippen LogP contribution in [0.15, 0.2) is 0 Å². The van der Waals surface area contributed by atoms with Crippen molar-refractivity contribution < 1.29 is 14.3 Å². The summed E-state index contributed by atoms with van der Waals surface area (Å²) in [5, 5.41) is 11.3. The Bertz CT molecular complexity index is 712. The molecule has 1 aromatic heterocycles. The standard InChI is InChI=1S/C19H30N6O3/c1-11-2-4-12(5-3-11)10-23-15-14(13-6-8-27-9-7-13)24-18(25-16(15)20)17(21)28-19(22)26/h11-13,21,23H,2-10H2,1H3,(H2,22,26)(H2,20,24,25). The van der Waals surface area contributed by atoms with Gasteiger partial charge in [-0.1, -0.05) is 19.8 Å². The SMILES string of the molecule is CC1CCC(CNc2c(N)nc(C(=N)OC(N)=O)nc2C2CCOCC2)CC1. The van der Waals surface area contributed by atoms with E-state index in [4.69, 9.17) is 21.6 Å². The Morgan fingerprint density at radius 2 is 1.89 bits per heavy atom. The maximum absolute atomic E-state index is 11.0. The van der Waals surface area contributed by atoms with E-state index >= 15 is 0 Å². The second-order valence-corrected chi connectivity index (χ2v) is 7.84. The van der Waals surface area contributed by atoms with Crippen LogP contribution in [0.1, 0.15) is 62.9 Å². The summed E-state index contributed by atoms with van der Waals surface area (Å²) in [6, 6.07) is 0. The van der Waals surface area contributed by atoms with Crippen molar-refractivity contribution in [2.45, 2.75) is 51.4 Å². The molecule has 2 aliphatic rings. The number of nitrogens with two attached hydrogens (primary N) is 2. The van der Waals surface area contributed by atoms with Crippen molar-refractivity contribution in [3.8, 4) is 0 Å². The molecule has 6 N–H and O–H groups in total. The highest BCUT2D eigenvalue weighted by atomic mass is 16.6. The van der Waals surface area contributed by atoms with Crippen molar-refractivity contribution in [1.29, 1.82) is 5.41 Å². The van der Waals surface area contributed by atoms with Gasteiger partial charge >= 0.3 is 6.09 Å². The van der Waals surface area contributed by atoms with Gasteiger partial charge in [-0.05, 0) is 37.5 Å². The van der Waals surface area contributed by atoms with Crippen molar-refractivity contribution in [3.63, 3.8) is 0 Å². The molecular formula is C19H30N6O3. The van der Waals surface area contributed by atoms with Crippen molar-refractivity contribution in [2.75, 3.05) is 30.8 Å². The molecule has 1 amide bonds. The number of anilines is 2. The monoisotopic (exact) mass is 390 g/mol. The summed E-state index contributed by atoms with van der Waals surface area (Å²) >= 11 is 0. The number of nitrogen functional groups attached to an aromatic ring is 1. The van der Waals surface area contributed by atoms with Gasteiger partial charge in [0, 0.05) is 25.7 Å². The number of carbonyl (C=O) groups is 1. The van der Waals surface area contributed by atoms with Gasteiger partial charge in [0.25, 0.3) is 5.90 Å². The maximum Gasteiger partial charge on any atom is 0.411 e. The average Bonchev–Trinajstić information content (AvgIpc) is 2.68. The number of carbonyl (C=O) groups excluding carboxylic acids is 1. The fourth-order valence-electron chi connectivity index (χ4n) is 3.97. The molecule has 1 aliphatic carbocycles. The molecule has 28 heavy (non-hydrogen) atoms. The van der Waals surface area contributed by atoms with Gasteiger partial charge in [-0.3, -0.25) is 5.41 Å². The lowest BCUT2D eigenvalue weighted by Gasteiger charge is -2.28. The molecule has 0 radical (unpaired) electrons. The number of aromatic nitrogens is 2. The maximum atomic E-state index is 11.0. The molecule has 1 saturated carbocycles. The Hall–Kier alpha value is -2.42. The number of rotatable bonds is 5. The lowest BCUT2D eigenvalue weighted by atomic mass is 9.83. The molecular weight excluding hydrogens is 360 g/mol. The molecule has 0 bridgehead atoms. The number of amides is 1. The van der Waals surface area contributed by atoms with Crippen LogP contribution in [0.2, 0.25) is 0 Å². The van der Waals surface area contributed by atoms with Crippen molar-refractivity contribution >= 4 is 23.5 Å². The van der Waals surface area contributed by atoms with Gasteiger partial charge in [-0.25, -0.2) is 14.8 Å². The molecule has 1 aliphatic heterocycles. The lowest BCUT2D eigenvalue weighted by molar-refractivity contribution is 0.0846. The molecule has 2 heterocycles. The van der Waals surface area contributed by atoms with E-state index in [9.17, 15) is 4.79 Å². The molecule has 154 valence electrons. The van der Waals surface area contributed by atoms with E-state index in [1.165, 1.54) is 25.7 Å². The Morgan fingerprint density at radius 3 is 2.54 bits per heavy atom. The lowest BCUT2D eigenvalue weighted by Crippen LogP contribution is -2.25. The molecule has 9 heteroatoms. The Morgan fingerprint density at radius 1 is 1.21 bits per heavy atom. The zero-order valence-electron chi connectivity index (χ0n) is 16.4. The zero-order chi connectivity index (χ0) is 20.1. The summed E-state index contributed by atoms with van der Waals surface area (Å²) in [7, 11) is 0. The second kappa shape index (κ2) is 9.18. The largest absolute Gasteiger partial charge is 0.411 e. The van der Waals surface area contributed by atoms with E-state index < -0.39 is 12.0 Å². The molecule has 0 atom stereocenters. The van der Waals surface area contributed by atoms with Crippen LogP contribution in [0.3, 0.4) is 0 Å². The minimum Gasteiger partial charge on any atom is -0.388 e. The van der Waals surface area contributed by atoms with Crippen molar-refractivity contribution in [1.82, 2.24) is 9.97 Å². The second-order valence-electron chi connectivity index (χ2n) is 7.84. The number of nitrogens with one attached hydrogen (secondary N) is 2. The van der Waals surface area contributed by atoms with Gasteiger partial charge in [0.1, 0.15) is 0 Å². The van der Waals surface area contributed by atoms with Gasteiger partial charge in [0.05, 0.1) is 11.4 Å². The van der Waals surface area contributed by atoms with Crippen LogP contribution in [0.5, 0.6) is 0 Å². The Labute approximate surface area is 165 Å². The summed E-state index contributed by atoms with van der Waals surface area (Å²) in [4.78, 5) is 19.7. The number of hydrogen-bond donors (Lipinski definition) is 4. The predicted octanol–water partition coefficient (Wildman–Crippen LogP) is 2.61. The highest BCUT2D eigenvalue weighted by molar-refractivity contribution is 5.95. The van der Waals surface area contributed by atoms with E-state index in [2.05, 4.69) is 26.9 Å². The third kappa shape index (κ3) is 5.09. The molecule has 1 saturated heterocycles. The van der Waals surface area contributed by atoms with Crippen LogP contribution in [-0.4, -0.2) is 41.7 Å². The van der Waals surface area contributed by atoms with Gasteiger partial charge in [0.2, 0.25) is 5.82 Å². The van der Waals surface area contributed by atoms with Gasteiger partial charge < -0.3 is 26.3 Å². The summed E-state index contributed by atoms with van der Waals surface area (Å²) in [5.74, 6) is 1.28. The van der Waals surface area contributed by atoms with Crippen LogP contribution < -0.4 is 16.8 Å². The van der Waals surface area contributed by atoms with E-state index in [1.54, 1.807) is 0 Å². The van der Waals surface area contributed by atoms with E-state index in [0.29, 0.717) is 19.1 Å². The van der Waals surface area contributed by atoms with E-state index in [1.807, 2.05) is 0 Å². The van der Waals surface area contributed by atoms with E-state index in [0.717, 1.165) is 36.7 Å². The first-order chi connectivity index (χ1) is 13.4. The smallest absolute Gasteiger partial charge is 0.388 e. The minimum absolute atomic E-state index is 0.0326. The molecule has 0 unspecified atom stereocenters. The van der Waals surface area contributed by atoms with E-state index in [-0.39, 0.29) is 17.6 Å². The Balaban J connectivity index is 1.82. The Kier molecular flexibility index (Phi) is 6.66. The van der Waals surface area contributed by atoms with Crippen LogP contribution >= 0.6 is 0 Å². The fraction of sp³-hybridized carbons (Fsp3) is 0.684. The zero-order valence-corrected chi connectivity index (χ0v) is 16.4. The van der Waals surface area contributed by atoms with Gasteiger partial charge in [-0.2, -0.15) is 0 Å². The third-order valence-electron chi connectivity index (χ3n) is 5.68. The number of ether oxygens (including phenoxy) is 2. The minimum atomic E-state index is -1.08. The summed E-state index contributed by atoms with van der Waals surface area (Å²) in [5.41, 5.74) is 12.7. The molecule has 9 nitrogen and oxygen atoms in total. The fourth-order valence-corrected chi connectivity index (χ4v) is 3.97. The van der Waals surface area contributed by atoms with Crippen molar-refractivity contribution in [2.24, 2.45) is 17.6 Å². The molecule has 2 fully saturated rings. The van der Waals surface area contributed by atoms with Crippen molar-refractivity contribution in [3.05, 3.63) is 11.5 Å². The highest BCUT2D eigenvalue weighted by Gasteiger charge is 2.26. The van der Waals surface area contributed by atoms with Crippen LogP contribution in [0, 0.1) is 17.2 Å². The predicted molar refractivity (Wildman–Crippen MR) is 106 cm³/mol. The summed E-state index contributed by atoms with van der Waals surface area (Å²) in [6.45, 7) is 4.43. The number of hydrogen-bond acceptors (Lipinski definition) is 8. The average molecular weight is 390 g/mol. The van der Waals surface area contributed by atoms with Crippen LogP contribution in [0.4, 0.5) is 16.3 Å². The molecule has 3 rings (SSSR count). The first-order valence-corrected chi connectivity index (χ1v) is 9.99. The highest BCUT2D eigenvalue weighted by Crippen LogP contribution is 2.35. The number of primary amides is 1. The molecule has 0 aromatic carbocycles. The third-order valence-corrected chi connectivity index (χ3v) is 5.68. The number of nitrogens with zero attached hydrogens (tertiary/aromatic N) is 2. The normalized spacial score (nSPS) is 23.2. The van der Waals surface area contributed by atoms with Gasteiger partial charge in [-0.15, -0.1) is 0 Å². The summed E-state index contributed by atoms with van der Waals surface area (Å²) < 4.78 is 10.1. The van der Waals surface area contributed by atoms with Crippen LogP contribution in [0.25, 0.3) is 0 Å². The first-order valence-electron chi connectivity index (χ1n) is 9.99. The molecule has 0 spiro atoms. The topological polar surface area (TPSA) is 149 Å². The van der Waals surface area contributed by atoms with Crippen LogP contribution in [-0.2, 0) is 9.47 Å². The molecule has 1 aromatic rings. The first kappa shape index (κ1) is 20.3. The summed E-state index contributed by atoms with van der Waals surface area (Å²) in [6.07, 6.45) is 5.48. The van der Waals surface area contributed by atoms with Gasteiger partial charge in [0.15, 0.2) is 5.82 Å².